The van der Waals surface area contributed by atoms with E-state index in [0.717, 1.165) is 17.2 Å². The number of hydrogen-bond donors (Lipinski definition) is 1. The Morgan fingerprint density at radius 2 is 2.05 bits per heavy atom. The Kier molecular flexibility index (Phi) is 3.64. The molecule has 106 valence electrons. The molecule has 0 spiro atoms. The first-order chi connectivity index (χ1) is 10.2. The number of benzene rings is 1. The van der Waals surface area contributed by atoms with E-state index in [4.69, 9.17) is 0 Å². The molecule has 0 aliphatic carbocycles. The Labute approximate surface area is 122 Å². The molecule has 0 saturated heterocycles. The van der Waals surface area contributed by atoms with Crippen molar-refractivity contribution in [3.05, 3.63) is 72.2 Å². The molecule has 0 unspecified atom stereocenters. The average Bonchev–Trinajstić information content (AvgIpc) is 2.92. The molecule has 0 bridgehead atoms. The van der Waals surface area contributed by atoms with Crippen molar-refractivity contribution in [3.63, 3.8) is 0 Å². The molecule has 3 aromatic rings. The van der Waals surface area contributed by atoms with Crippen molar-refractivity contribution in [1.82, 2.24) is 14.5 Å². The van der Waals surface area contributed by atoms with Crippen LogP contribution in [0.15, 0.2) is 55.0 Å². The summed E-state index contributed by atoms with van der Waals surface area (Å²) in [6, 6.07) is 10.8. The van der Waals surface area contributed by atoms with Crippen LogP contribution in [0, 0.1) is 12.7 Å². The average molecular weight is 282 g/mol. The maximum Gasteiger partial charge on any atom is 0.147 e. The Bertz CT molecular complexity index is 737. The lowest BCUT2D eigenvalue weighted by Gasteiger charge is -2.09. The van der Waals surface area contributed by atoms with Crippen LogP contribution in [-0.4, -0.2) is 14.5 Å². The Morgan fingerprint density at radius 1 is 1.14 bits per heavy atom. The van der Waals surface area contributed by atoms with Gasteiger partial charge in [0.1, 0.15) is 17.5 Å². The van der Waals surface area contributed by atoms with Crippen molar-refractivity contribution < 1.29 is 4.39 Å². The summed E-state index contributed by atoms with van der Waals surface area (Å²) < 4.78 is 16.0. The van der Waals surface area contributed by atoms with Gasteiger partial charge in [-0.25, -0.2) is 14.4 Å². The van der Waals surface area contributed by atoms with E-state index < -0.39 is 0 Å². The van der Waals surface area contributed by atoms with Crippen LogP contribution in [0.25, 0.3) is 5.69 Å². The molecule has 0 radical (unpaired) electrons. The fraction of sp³-hybridized carbons (Fsp3) is 0.125. The minimum absolute atomic E-state index is 0.267. The van der Waals surface area contributed by atoms with Gasteiger partial charge in [0.25, 0.3) is 0 Å². The number of pyridine rings is 1. The fourth-order valence-corrected chi connectivity index (χ4v) is 2.15. The van der Waals surface area contributed by atoms with E-state index in [0.29, 0.717) is 12.2 Å². The second-order valence-corrected chi connectivity index (χ2v) is 4.70. The molecule has 2 aromatic heterocycles. The summed E-state index contributed by atoms with van der Waals surface area (Å²) in [5.41, 5.74) is 1.37. The maximum absolute atomic E-state index is 14.2. The lowest BCUT2D eigenvalue weighted by Crippen LogP contribution is -2.04. The Balaban J connectivity index is 1.77. The smallest absolute Gasteiger partial charge is 0.147 e. The van der Waals surface area contributed by atoms with Gasteiger partial charge >= 0.3 is 0 Å². The molecule has 0 fully saturated rings. The predicted octanol–water partition coefficient (Wildman–Crippen LogP) is 3.33. The highest BCUT2D eigenvalue weighted by molar-refractivity contribution is 5.40. The van der Waals surface area contributed by atoms with Crippen molar-refractivity contribution >= 4 is 5.82 Å². The van der Waals surface area contributed by atoms with Gasteiger partial charge in [0.2, 0.25) is 0 Å². The molecule has 0 amide bonds. The number of aromatic nitrogens is 3. The van der Waals surface area contributed by atoms with Crippen LogP contribution in [0.1, 0.15) is 11.4 Å². The highest BCUT2D eigenvalue weighted by Gasteiger charge is 2.07. The first-order valence-electron chi connectivity index (χ1n) is 6.68. The highest BCUT2D eigenvalue weighted by atomic mass is 19.1. The second-order valence-electron chi connectivity index (χ2n) is 4.70. The molecule has 0 aliphatic rings. The SMILES string of the molecule is Cc1nccn1-c1ccc(CNc2ccccn2)cc1F. The number of anilines is 1. The van der Waals surface area contributed by atoms with Crippen LogP contribution < -0.4 is 5.32 Å². The molecule has 1 N–H and O–H groups in total. The topological polar surface area (TPSA) is 42.7 Å². The van der Waals surface area contributed by atoms with Crippen LogP contribution in [0.5, 0.6) is 0 Å². The number of aryl methyl sites for hydroxylation is 1. The van der Waals surface area contributed by atoms with Gasteiger partial charge in [-0.3, -0.25) is 0 Å². The molecule has 21 heavy (non-hydrogen) atoms. The zero-order valence-corrected chi connectivity index (χ0v) is 11.6. The number of rotatable bonds is 4. The normalized spacial score (nSPS) is 10.6. The molecule has 4 nitrogen and oxygen atoms in total. The third-order valence-corrected chi connectivity index (χ3v) is 3.24. The van der Waals surface area contributed by atoms with Crippen LogP contribution in [0.3, 0.4) is 0 Å². The van der Waals surface area contributed by atoms with E-state index >= 15 is 0 Å². The number of hydrogen-bond acceptors (Lipinski definition) is 3. The van der Waals surface area contributed by atoms with Gasteiger partial charge in [-0.2, -0.15) is 0 Å². The first kappa shape index (κ1) is 13.3. The first-order valence-corrected chi connectivity index (χ1v) is 6.68. The molecule has 1 aromatic carbocycles. The van der Waals surface area contributed by atoms with E-state index in [-0.39, 0.29) is 5.82 Å². The Morgan fingerprint density at radius 3 is 2.71 bits per heavy atom. The lowest BCUT2D eigenvalue weighted by atomic mass is 10.2. The molecule has 3 rings (SSSR count). The van der Waals surface area contributed by atoms with Crippen molar-refractivity contribution in [2.24, 2.45) is 0 Å². The van der Waals surface area contributed by atoms with Gasteiger partial charge in [-0.15, -0.1) is 0 Å². The minimum atomic E-state index is -0.267. The summed E-state index contributed by atoms with van der Waals surface area (Å²) in [7, 11) is 0. The predicted molar refractivity (Wildman–Crippen MR) is 79.8 cm³/mol. The summed E-state index contributed by atoms with van der Waals surface area (Å²) in [4.78, 5) is 8.28. The summed E-state index contributed by atoms with van der Waals surface area (Å²) in [5, 5.41) is 3.16. The zero-order valence-electron chi connectivity index (χ0n) is 11.6. The fourth-order valence-electron chi connectivity index (χ4n) is 2.15. The highest BCUT2D eigenvalue weighted by Crippen LogP contribution is 2.17. The molecule has 0 aliphatic heterocycles. The third-order valence-electron chi connectivity index (χ3n) is 3.24. The van der Waals surface area contributed by atoms with Crippen LogP contribution >= 0.6 is 0 Å². The van der Waals surface area contributed by atoms with E-state index in [9.17, 15) is 4.39 Å². The van der Waals surface area contributed by atoms with Gasteiger partial charge in [0.15, 0.2) is 0 Å². The van der Waals surface area contributed by atoms with Gasteiger partial charge in [0.05, 0.1) is 5.69 Å². The molecule has 5 heteroatoms. The molecule has 2 heterocycles. The Hall–Kier alpha value is -2.69. The summed E-state index contributed by atoms with van der Waals surface area (Å²) in [6.07, 6.45) is 5.12. The van der Waals surface area contributed by atoms with E-state index in [1.165, 1.54) is 6.07 Å². The van der Waals surface area contributed by atoms with Crippen molar-refractivity contribution in [3.8, 4) is 5.69 Å². The van der Waals surface area contributed by atoms with Crippen molar-refractivity contribution in [1.29, 1.82) is 0 Å². The van der Waals surface area contributed by atoms with Gasteiger partial charge in [-0.05, 0) is 36.8 Å². The van der Waals surface area contributed by atoms with Gasteiger partial charge in [-0.1, -0.05) is 12.1 Å². The molecule has 0 atom stereocenters. The molecule has 0 saturated carbocycles. The third kappa shape index (κ3) is 2.91. The molecular weight excluding hydrogens is 267 g/mol. The lowest BCUT2D eigenvalue weighted by molar-refractivity contribution is 0.614. The summed E-state index contributed by atoms with van der Waals surface area (Å²) in [5.74, 6) is 1.26. The number of nitrogens with one attached hydrogen (secondary N) is 1. The second kappa shape index (κ2) is 5.75. The molecular formula is C16H15FN4. The van der Waals surface area contributed by atoms with Crippen LogP contribution in [0.4, 0.5) is 10.2 Å². The minimum Gasteiger partial charge on any atom is -0.366 e. The van der Waals surface area contributed by atoms with E-state index in [1.54, 1.807) is 29.2 Å². The van der Waals surface area contributed by atoms with E-state index in [2.05, 4.69) is 15.3 Å². The van der Waals surface area contributed by atoms with Crippen LogP contribution in [-0.2, 0) is 6.54 Å². The van der Waals surface area contributed by atoms with Gasteiger partial charge < -0.3 is 9.88 Å². The number of halogens is 1. The van der Waals surface area contributed by atoms with Crippen LogP contribution in [0.2, 0.25) is 0 Å². The zero-order chi connectivity index (χ0) is 14.7. The monoisotopic (exact) mass is 282 g/mol. The largest absolute Gasteiger partial charge is 0.366 e. The standard InChI is InChI=1S/C16H15FN4/c1-12-18-8-9-21(12)15-6-5-13(10-14(15)17)11-20-16-4-2-3-7-19-16/h2-10H,11H2,1H3,(H,19,20). The van der Waals surface area contributed by atoms with Gasteiger partial charge in [0, 0.05) is 25.1 Å². The maximum atomic E-state index is 14.2. The summed E-state index contributed by atoms with van der Waals surface area (Å²) >= 11 is 0. The summed E-state index contributed by atoms with van der Waals surface area (Å²) in [6.45, 7) is 2.37. The van der Waals surface area contributed by atoms with Crippen molar-refractivity contribution in [2.75, 3.05) is 5.32 Å². The van der Waals surface area contributed by atoms with Crippen molar-refractivity contribution in [2.45, 2.75) is 13.5 Å². The number of imidazole rings is 1. The van der Waals surface area contributed by atoms with E-state index in [1.807, 2.05) is 31.2 Å². The quantitative estimate of drug-likeness (QED) is 0.798. The number of nitrogens with zero attached hydrogens (tertiary/aromatic N) is 3.